The molecular weight excluding hydrogens is 242 g/mol. The van der Waals surface area contributed by atoms with Crippen LogP contribution in [-0.2, 0) is 0 Å². The maximum Gasteiger partial charge on any atom is 0.387 e. The van der Waals surface area contributed by atoms with Gasteiger partial charge in [-0.25, -0.2) is 0 Å². The molecule has 1 aromatic carbocycles. The second-order valence-electron chi connectivity index (χ2n) is 3.12. The van der Waals surface area contributed by atoms with Crippen LogP contribution in [0.5, 0.6) is 5.75 Å². The first kappa shape index (κ1) is 13.2. The standard InChI is InChI=1S/C10H11ClF2O3/c11-5-8(14)9(15)6-2-1-3-7(4-6)16-10(12)13/h1-4,8-10,14-15H,5H2. The molecule has 16 heavy (non-hydrogen) atoms. The predicted octanol–water partition coefficient (Wildman–Crippen LogP) is 1.92. The number of alkyl halides is 3. The van der Waals surface area contributed by atoms with Gasteiger partial charge in [0.1, 0.15) is 11.9 Å². The van der Waals surface area contributed by atoms with E-state index < -0.39 is 18.8 Å². The number of benzene rings is 1. The lowest BCUT2D eigenvalue weighted by Crippen LogP contribution is -2.19. The molecule has 90 valence electrons. The van der Waals surface area contributed by atoms with Crippen molar-refractivity contribution in [3.8, 4) is 5.75 Å². The van der Waals surface area contributed by atoms with E-state index in [0.717, 1.165) is 0 Å². The van der Waals surface area contributed by atoms with Gasteiger partial charge in [0.25, 0.3) is 0 Å². The molecule has 6 heteroatoms. The maximum atomic E-state index is 11.9. The SMILES string of the molecule is OC(CCl)C(O)c1cccc(OC(F)F)c1. The third-order valence-electron chi connectivity index (χ3n) is 1.95. The lowest BCUT2D eigenvalue weighted by atomic mass is 10.1. The molecule has 1 aromatic rings. The number of hydrogen-bond donors (Lipinski definition) is 2. The topological polar surface area (TPSA) is 49.7 Å². The van der Waals surface area contributed by atoms with Crippen LogP contribution in [0.15, 0.2) is 24.3 Å². The summed E-state index contributed by atoms with van der Waals surface area (Å²) in [5.74, 6) is -0.227. The van der Waals surface area contributed by atoms with Crippen LogP contribution in [0.4, 0.5) is 8.78 Å². The summed E-state index contributed by atoms with van der Waals surface area (Å²) in [7, 11) is 0. The Kier molecular flexibility index (Phi) is 4.92. The van der Waals surface area contributed by atoms with Gasteiger partial charge in [-0.05, 0) is 17.7 Å². The molecule has 0 saturated heterocycles. The second kappa shape index (κ2) is 5.98. The molecule has 2 N–H and O–H groups in total. The average Bonchev–Trinajstić information content (AvgIpc) is 2.26. The van der Waals surface area contributed by atoms with E-state index in [4.69, 9.17) is 11.6 Å². The lowest BCUT2D eigenvalue weighted by Gasteiger charge is -2.16. The zero-order valence-corrected chi connectivity index (χ0v) is 8.94. The molecule has 2 unspecified atom stereocenters. The van der Waals surface area contributed by atoms with Gasteiger partial charge in [-0.2, -0.15) is 8.78 Å². The van der Waals surface area contributed by atoms with E-state index in [1.165, 1.54) is 24.3 Å². The highest BCUT2D eigenvalue weighted by molar-refractivity contribution is 6.18. The Morgan fingerprint density at radius 1 is 1.31 bits per heavy atom. The Hall–Kier alpha value is -0.910. The molecular formula is C10H11ClF2O3. The van der Waals surface area contributed by atoms with Crippen LogP contribution in [0.25, 0.3) is 0 Å². The highest BCUT2D eigenvalue weighted by atomic mass is 35.5. The molecule has 3 nitrogen and oxygen atoms in total. The minimum absolute atomic E-state index is 0.0756. The average molecular weight is 253 g/mol. The fourth-order valence-corrected chi connectivity index (χ4v) is 1.35. The Morgan fingerprint density at radius 2 is 2.00 bits per heavy atom. The van der Waals surface area contributed by atoms with E-state index >= 15 is 0 Å². The van der Waals surface area contributed by atoms with Gasteiger partial charge in [0, 0.05) is 0 Å². The monoisotopic (exact) mass is 252 g/mol. The van der Waals surface area contributed by atoms with E-state index in [-0.39, 0.29) is 17.2 Å². The van der Waals surface area contributed by atoms with Crippen molar-refractivity contribution in [1.29, 1.82) is 0 Å². The van der Waals surface area contributed by atoms with Crippen molar-refractivity contribution in [2.75, 3.05) is 5.88 Å². The predicted molar refractivity (Wildman–Crippen MR) is 54.8 cm³/mol. The zero-order valence-electron chi connectivity index (χ0n) is 8.19. The number of halogens is 3. The molecule has 2 atom stereocenters. The smallest absolute Gasteiger partial charge is 0.387 e. The molecule has 1 rings (SSSR count). The fourth-order valence-electron chi connectivity index (χ4n) is 1.18. The summed E-state index contributed by atoms with van der Waals surface area (Å²) in [6.07, 6.45) is -2.37. The molecule has 0 aliphatic rings. The summed E-state index contributed by atoms with van der Waals surface area (Å²) in [6.45, 7) is -2.93. The molecule has 0 spiro atoms. The van der Waals surface area contributed by atoms with Gasteiger partial charge in [0.05, 0.1) is 12.0 Å². The van der Waals surface area contributed by atoms with E-state index in [2.05, 4.69) is 4.74 Å². The fraction of sp³-hybridized carbons (Fsp3) is 0.400. The number of ether oxygens (including phenoxy) is 1. The van der Waals surface area contributed by atoms with Crippen LogP contribution >= 0.6 is 11.6 Å². The Bertz CT molecular complexity index is 336. The van der Waals surface area contributed by atoms with Gasteiger partial charge in [-0.3, -0.25) is 0 Å². The Morgan fingerprint density at radius 3 is 2.56 bits per heavy atom. The highest BCUT2D eigenvalue weighted by Gasteiger charge is 2.18. The third kappa shape index (κ3) is 3.59. The van der Waals surface area contributed by atoms with Gasteiger partial charge in [0.2, 0.25) is 0 Å². The van der Waals surface area contributed by atoms with Crippen molar-refractivity contribution >= 4 is 11.6 Å². The molecule has 0 aliphatic carbocycles. The van der Waals surface area contributed by atoms with Gasteiger partial charge in [-0.15, -0.1) is 11.6 Å². The van der Waals surface area contributed by atoms with Crippen molar-refractivity contribution < 1.29 is 23.7 Å². The van der Waals surface area contributed by atoms with Crippen LogP contribution in [0.3, 0.4) is 0 Å². The number of rotatable bonds is 5. The normalized spacial score (nSPS) is 14.9. The molecule has 0 bridgehead atoms. The van der Waals surface area contributed by atoms with Crippen LogP contribution < -0.4 is 4.74 Å². The van der Waals surface area contributed by atoms with E-state index in [0.29, 0.717) is 0 Å². The number of aliphatic hydroxyl groups is 2. The van der Waals surface area contributed by atoms with Gasteiger partial charge in [-0.1, -0.05) is 12.1 Å². The third-order valence-corrected chi connectivity index (χ3v) is 2.26. The minimum Gasteiger partial charge on any atom is -0.435 e. The number of hydrogen-bond acceptors (Lipinski definition) is 3. The number of aliphatic hydroxyl groups excluding tert-OH is 2. The van der Waals surface area contributed by atoms with Crippen molar-refractivity contribution in [2.45, 2.75) is 18.8 Å². The quantitative estimate of drug-likeness (QED) is 0.787. The molecule has 0 fully saturated rings. The lowest BCUT2D eigenvalue weighted by molar-refractivity contribution is -0.0501. The minimum atomic E-state index is -2.93. The van der Waals surface area contributed by atoms with Crippen molar-refractivity contribution in [3.63, 3.8) is 0 Å². The zero-order chi connectivity index (χ0) is 12.1. The largest absolute Gasteiger partial charge is 0.435 e. The first-order valence-electron chi connectivity index (χ1n) is 4.51. The van der Waals surface area contributed by atoms with Crippen molar-refractivity contribution in [3.05, 3.63) is 29.8 Å². The molecule has 0 amide bonds. The highest BCUT2D eigenvalue weighted by Crippen LogP contribution is 2.23. The summed E-state index contributed by atoms with van der Waals surface area (Å²) in [5.41, 5.74) is 0.270. The van der Waals surface area contributed by atoms with Gasteiger partial charge < -0.3 is 14.9 Å². The summed E-state index contributed by atoms with van der Waals surface area (Å²) in [4.78, 5) is 0. The Labute approximate surface area is 96.2 Å². The first-order chi connectivity index (χ1) is 7.54. The molecule has 0 aliphatic heterocycles. The Balaban J connectivity index is 2.81. The first-order valence-corrected chi connectivity index (χ1v) is 5.05. The van der Waals surface area contributed by atoms with E-state index in [1.807, 2.05) is 0 Å². The van der Waals surface area contributed by atoms with Gasteiger partial charge in [0.15, 0.2) is 0 Å². The summed E-state index contributed by atoms with van der Waals surface area (Å²) < 4.78 is 28.0. The van der Waals surface area contributed by atoms with Crippen LogP contribution in [0.1, 0.15) is 11.7 Å². The summed E-state index contributed by atoms with van der Waals surface area (Å²) in [6, 6.07) is 5.48. The van der Waals surface area contributed by atoms with Crippen molar-refractivity contribution in [2.24, 2.45) is 0 Å². The maximum absolute atomic E-state index is 11.9. The van der Waals surface area contributed by atoms with E-state index in [1.54, 1.807) is 0 Å². The molecule has 0 aromatic heterocycles. The van der Waals surface area contributed by atoms with Crippen LogP contribution in [-0.4, -0.2) is 28.8 Å². The van der Waals surface area contributed by atoms with Crippen molar-refractivity contribution in [1.82, 2.24) is 0 Å². The van der Waals surface area contributed by atoms with Crippen LogP contribution in [0, 0.1) is 0 Å². The van der Waals surface area contributed by atoms with Gasteiger partial charge >= 0.3 is 6.61 Å². The molecule has 0 radical (unpaired) electrons. The second-order valence-corrected chi connectivity index (χ2v) is 3.43. The summed E-state index contributed by atoms with van der Waals surface area (Å²) in [5, 5.41) is 18.9. The molecule has 0 heterocycles. The van der Waals surface area contributed by atoms with Crippen LogP contribution in [0.2, 0.25) is 0 Å². The van der Waals surface area contributed by atoms with E-state index in [9.17, 15) is 19.0 Å². The summed E-state index contributed by atoms with van der Waals surface area (Å²) >= 11 is 5.36. The molecule has 0 saturated carbocycles.